The van der Waals surface area contributed by atoms with Crippen LogP contribution in [-0.4, -0.2) is 11.7 Å². The molecule has 0 amide bonds. The standard InChI is InChI=1S/C9H9N3O3/c1-8(13)14-15-9(12-11-7-10)5-3-2-4-6-9/h2-5H,6H2,1H3. The van der Waals surface area contributed by atoms with E-state index in [1.54, 1.807) is 24.3 Å². The first-order chi connectivity index (χ1) is 7.18. The van der Waals surface area contributed by atoms with Crippen molar-refractivity contribution < 1.29 is 14.6 Å². The predicted molar refractivity (Wildman–Crippen MR) is 48.9 cm³/mol. The Bertz CT molecular complexity index is 367. The van der Waals surface area contributed by atoms with Gasteiger partial charge in [0.1, 0.15) is 0 Å². The largest absolute Gasteiger partial charge is 0.339 e. The van der Waals surface area contributed by atoms with Crippen LogP contribution in [0.3, 0.4) is 0 Å². The van der Waals surface area contributed by atoms with Crippen LogP contribution in [0.15, 0.2) is 34.5 Å². The zero-order valence-corrected chi connectivity index (χ0v) is 8.08. The second-order valence-corrected chi connectivity index (χ2v) is 2.79. The van der Waals surface area contributed by atoms with Crippen molar-refractivity contribution in [2.45, 2.75) is 19.1 Å². The molecule has 6 nitrogen and oxygen atoms in total. The van der Waals surface area contributed by atoms with E-state index >= 15 is 0 Å². The van der Waals surface area contributed by atoms with Gasteiger partial charge in [-0.1, -0.05) is 23.3 Å². The van der Waals surface area contributed by atoms with Crippen molar-refractivity contribution in [1.82, 2.24) is 0 Å². The minimum atomic E-state index is -1.21. The van der Waals surface area contributed by atoms with Gasteiger partial charge < -0.3 is 0 Å². The number of carbonyl (C=O) groups is 1. The van der Waals surface area contributed by atoms with Crippen molar-refractivity contribution in [3.8, 4) is 6.19 Å². The van der Waals surface area contributed by atoms with E-state index in [1.807, 2.05) is 0 Å². The highest BCUT2D eigenvalue weighted by atomic mass is 17.2. The minimum absolute atomic E-state index is 0.349. The van der Waals surface area contributed by atoms with Crippen LogP contribution < -0.4 is 0 Å². The van der Waals surface area contributed by atoms with E-state index in [4.69, 9.17) is 10.1 Å². The van der Waals surface area contributed by atoms with Crippen LogP contribution in [0.4, 0.5) is 0 Å². The Balaban J connectivity index is 2.73. The number of rotatable bonds is 3. The van der Waals surface area contributed by atoms with Gasteiger partial charge in [0, 0.05) is 13.3 Å². The molecule has 0 aromatic rings. The van der Waals surface area contributed by atoms with E-state index < -0.39 is 11.7 Å². The Morgan fingerprint density at radius 1 is 1.60 bits per heavy atom. The maximum absolute atomic E-state index is 10.6. The van der Waals surface area contributed by atoms with Gasteiger partial charge in [0.25, 0.3) is 0 Å². The lowest BCUT2D eigenvalue weighted by molar-refractivity contribution is -0.318. The van der Waals surface area contributed by atoms with Gasteiger partial charge in [-0.2, -0.15) is 5.26 Å². The van der Waals surface area contributed by atoms with Crippen molar-refractivity contribution in [1.29, 1.82) is 5.26 Å². The summed E-state index contributed by atoms with van der Waals surface area (Å²) >= 11 is 0. The molecule has 78 valence electrons. The van der Waals surface area contributed by atoms with Crippen molar-refractivity contribution in [3.63, 3.8) is 0 Å². The van der Waals surface area contributed by atoms with Crippen molar-refractivity contribution in [2.24, 2.45) is 10.2 Å². The van der Waals surface area contributed by atoms with E-state index in [0.29, 0.717) is 6.42 Å². The highest BCUT2D eigenvalue weighted by molar-refractivity contribution is 5.65. The lowest BCUT2D eigenvalue weighted by Gasteiger charge is -2.22. The molecule has 0 bridgehead atoms. The average molecular weight is 207 g/mol. The predicted octanol–water partition coefficient (Wildman–Crippen LogP) is 1.63. The summed E-state index contributed by atoms with van der Waals surface area (Å²) < 4.78 is 0. The summed E-state index contributed by atoms with van der Waals surface area (Å²) in [5.41, 5.74) is -1.21. The smallest absolute Gasteiger partial charge is 0.296 e. The lowest BCUT2D eigenvalue weighted by atomic mass is 10.1. The molecule has 1 aliphatic carbocycles. The third kappa shape index (κ3) is 3.32. The molecule has 6 heteroatoms. The van der Waals surface area contributed by atoms with E-state index in [1.165, 1.54) is 13.1 Å². The molecular formula is C9H9N3O3. The van der Waals surface area contributed by atoms with Gasteiger partial charge in [-0.05, 0) is 6.08 Å². The van der Waals surface area contributed by atoms with Gasteiger partial charge in [-0.15, -0.1) is 10.0 Å². The highest BCUT2D eigenvalue weighted by Gasteiger charge is 2.31. The Kier molecular flexibility index (Phi) is 3.71. The van der Waals surface area contributed by atoms with Crippen LogP contribution in [0.1, 0.15) is 13.3 Å². The summed E-state index contributed by atoms with van der Waals surface area (Å²) in [7, 11) is 0. The number of hydrogen-bond acceptors (Lipinski definition) is 6. The van der Waals surface area contributed by atoms with Crippen LogP contribution in [0.25, 0.3) is 0 Å². The second kappa shape index (κ2) is 5.02. The fourth-order valence-electron chi connectivity index (χ4n) is 0.980. The third-order valence-corrected chi connectivity index (χ3v) is 1.58. The van der Waals surface area contributed by atoms with E-state index in [2.05, 4.69) is 15.1 Å². The quantitative estimate of drug-likeness (QED) is 0.304. The monoisotopic (exact) mass is 207 g/mol. The fourth-order valence-corrected chi connectivity index (χ4v) is 0.980. The first-order valence-corrected chi connectivity index (χ1v) is 4.20. The van der Waals surface area contributed by atoms with Crippen LogP contribution in [0.2, 0.25) is 0 Å². The molecular weight excluding hydrogens is 198 g/mol. The number of azo groups is 1. The molecule has 1 rings (SSSR count). The second-order valence-electron chi connectivity index (χ2n) is 2.79. The van der Waals surface area contributed by atoms with Gasteiger partial charge in [-0.25, -0.2) is 4.79 Å². The van der Waals surface area contributed by atoms with E-state index in [0.717, 1.165) is 0 Å². The third-order valence-electron chi connectivity index (χ3n) is 1.58. The molecule has 0 fully saturated rings. The number of allylic oxidation sites excluding steroid dienone is 2. The highest BCUT2D eigenvalue weighted by Crippen LogP contribution is 2.24. The molecule has 15 heavy (non-hydrogen) atoms. The summed E-state index contributed by atoms with van der Waals surface area (Å²) in [5.74, 6) is -0.593. The Labute approximate surface area is 86.4 Å². The zero-order valence-electron chi connectivity index (χ0n) is 8.08. The summed E-state index contributed by atoms with van der Waals surface area (Å²) in [6, 6.07) is 0. The number of nitrogens with zero attached hydrogens (tertiary/aromatic N) is 3. The molecule has 0 heterocycles. The average Bonchev–Trinajstić information content (AvgIpc) is 2.25. The van der Waals surface area contributed by atoms with E-state index in [9.17, 15) is 4.79 Å². The molecule has 0 aliphatic heterocycles. The number of nitriles is 1. The molecule has 0 N–H and O–H groups in total. The Hall–Kier alpha value is -2.00. The van der Waals surface area contributed by atoms with Gasteiger partial charge in [0.15, 0.2) is 0 Å². The first-order valence-electron chi connectivity index (χ1n) is 4.20. The summed E-state index contributed by atoms with van der Waals surface area (Å²) in [5, 5.41) is 15.1. The van der Waals surface area contributed by atoms with Crippen LogP contribution >= 0.6 is 0 Å². The van der Waals surface area contributed by atoms with Crippen molar-refractivity contribution in [3.05, 3.63) is 24.3 Å². The van der Waals surface area contributed by atoms with Crippen LogP contribution in [-0.2, 0) is 14.6 Å². The Morgan fingerprint density at radius 3 is 2.93 bits per heavy atom. The van der Waals surface area contributed by atoms with E-state index in [-0.39, 0.29) is 0 Å². The Morgan fingerprint density at radius 2 is 2.40 bits per heavy atom. The lowest BCUT2D eigenvalue weighted by Crippen LogP contribution is -2.29. The first kappa shape index (κ1) is 11.1. The molecule has 0 saturated carbocycles. The normalized spacial score (nSPS) is 24.0. The maximum Gasteiger partial charge on any atom is 0.339 e. The molecule has 0 aromatic carbocycles. The maximum atomic E-state index is 10.6. The number of carbonyl (C=O) groups excluding carboxylic acids is 1. The molecule has 0 spiro atoms. The van der Waals surface area contributed by atoms with Gasteiger partial charge in [0.2, 0.25) is 11.9 Å². The summed E-state index contributed by atoms with van der Waals surface area (Å²) in [4.78, 5) is 19.8. The molecule has 1 aliphatic rings. The van der Waals surface area contributed by atoms with Crippen LogP contribution in [0, 0.1) is 11.5 Å². The zero-order chi connectivity index (χ0) is 11.1. The summed E-state index contributed by atoms with van der Waals surface area (Å²) in [6.45, 7) is 1.21. The minimum Gasteiger partial charge on any atom is -0.296 e. The fraction of sp³-hybridized carbons (Fsp3) is 0.333. The number of hydrogen-bond donors (Lipinski definition) is 0. The molecule has 0 radical (unpaired) electrons. The molecule has 1 atom stereocenters. The molecule has 0 saturated heterocycles. The summed E-state index contributed by atoms with van der Waals surface area (Å²) in [6.07, 6.45) is 8.63. The van der Waals surface area contributed by atoms with Crippen LogP contribution in [0.5, 0.6) is 0 Å². The molecule has 1 unspecified atom stereocenters. The van der Waals surface area contributed by atoms with Gasteiger partial charge in [-0.3, -0.25) is 4.89 Å². The van der Waals surface area contributed by atoms with Gasteiger partial charge in [0.05, 0.1) is 0 Å². The molecule has 0 aromatic heterocycles. The van der Waals surface area contributed by atoms with Crippen molar-refractivity contribution >= 4 is 5.97 Å². The SMILES string of the molecule is CC(=O)OOC1(N=NC#N)C=CC=CC1. The topological polar surface area (TPSA) is 84.0 Å². The van der Waals surface area contributed by atoms with Crippen molar-refractivity contribution in [2.75, 3.05) is 0 Å². The van der Waals surface area contributed by atoms with Gasteiger partial charge >= 0.3 is 5.97 Å².